The van der Waals surface area contributed by atoms with Crippen molar-refractivity contribution in [2.45, 2.75) is 20.0 Å². The third-order valence-electron chi connectivity index (χ3n) is 2.50. The van der Waals surface area contributed by atoms with E-state index in [1.807, 2.05) is 25.1 Å². The van der Waals surface area contributed by atoms with Crippen LogP contribution in [0.25, 0.3) is 0 Å². The molecule has 0 amide bonds. The minimum absolute atomic E-state index is 0.0542. The van der Waals surface area contributed by atoms with Crippen molar-refractivity contribution in [2.24, 2.45) is 0 Å². The molecule has 5 heteroatoms. The summed E-state index contributed by atoms with van der Waals surface area (Å²) in [6, 6.07) is 9.13. The summed E-state index contributed by atoms with van der Waals surface area (Å²) < 4.78 is 10.5. The van der Waals surface area contributed by atoms with Crippen molar-refractivity contribution in [3.8, 4) is 5.75 Å². The summed E-state index contributed by atoms with van der Waals surface area (Å²) in [4.78, 5) is 11.1. The first-order valence-electron chi connectivity index (χ1n) is 5.61. The fraction of sp³-hybridized carbons (Fsp3) is 0.231. The monoisotopic (exact) mass is 247 g/mol. The average molecular weight is 247 g/mol. The zero-order valence-electron chi connectivity index (χ0n) is 9.92. The Kier molecular flexibility index (Phi) is 3.62. The normalized spacial score (nSPS) is 10.3. The Bertz CT molecular complexity index is 533. The zero-order chi connectivity index (χ0) is 13.0. The number of aromatic nitrogens is 1. The molecule has 2 aromatic rings. The third-order valence-corrected chi connectivity index (χ3v) is 2.50. The first-order chi connectivity index (χ1) is 8.72. The lowest BCUT2D eigenvalue weighted by Crippen LogP contribution is -2.05. The van der Waals surface area contributed by atoms with E-state index in [2.05, 4.69) is 5.16 Å². The summed E-state index contributed by atoms with van der Waals surface area (Å²) in [6.45, 7) is 1.88. The molecule has 1 aromatic heterocycles. The van der Waals surface area contributed by atoms with E-state index < -0.39 is 5.97 Å². The lowest BCUT2D eigenvalue weighted by molar-refractivity contribution is 0.0690. The van der Waals surface area contributed by atoms with E-state index in [1.54, 1.807) is 12.1 Å². The van der Waals surface area contributed by atoms with E-state index in [0.29, 0.717) is 17.9 Å². The number of hydrogen-bond acceptors (Lipinski definition) is 4. The van der Waals surface area contributed by atoms with Crippen LogP contribution in [-0.2, 0) is 13.0 Å². The first kappa shape index (κ1) is 12.2. The second-order valence-corrected chi connectivity index (χ2v) is 3.69. The molecule has 0 saturated heterocycles. The predicted octanol–water partition coefficient (Wildman–Crippen LogP) is 2.51. The lowest BCUT2D eigenvalue weighted by Gasteiger charge is -2.03. The Morgan fingerprint density at radius 1 is 1.39 bits per heavy atom. The van der Waals surface area contributed by atoms with Crippen molar-refractivity contribution in [2.75, 3.05) is 0 Å². The van der Waals surface area contributed by atoms with Crippen LogP contribution in [0.3, 0.4) is 0 Å². The summed E-state index contributed by atoms with van der Waals surface area (Å²) in [5.41, 5.74) is 0.544. The van der Waals surface area contributed by atoms with Gasteiger partial charge in [-0.25, -0.2) is 4.79 Å². The van der Waals surface area contributed by atoms with E-state index in [9.17, 15) is 4.79 Å². The summed E-state index contributed by atoms with van der Waals surface area (Å²) >= 11 is 0. The van der Waals surface area contributed by atoms with Gasteiger partial charge in [-0.05, 0) is 18.6 Å². The number of para-hydroxylation sites is 1. The SMILES string of the molecule is CCc1noc(COc2ccccc2)c1C(=O)O. The van der Waals surface area contributed by atoms with Crippen molar-refractivity contribution < 1.29 is 19.2 Å². The van der Waals surface area contributed by atoms with E-state index >= 15 is 0 Å². The van der Waals surface area contributed by atoms with E-state index in [1.165, 1.54) is 0 Å². The standard InChI is InChI=1S/C13H13NO4/c1-2-10-12(13(15)16)11(18-14-10)8-17-9-6-4-3-5-7-9/h3-7H,2,8H2,1H3,(H,15,16). The van der Waals surface area contributed by atoms with Crippen LogP contribution >= 0.6 is 0 Å². The molecule has 1 heterocycles. The van der Waals surface area contributed by atoms with Gasteiger partial charge in [0.2, 0.25) is 0 Å². The smallest absolute Gasteiger partial charge is 0.341 e. The Morgan fingerprint density at radius 2 is 2.11 bits per heavy atom. The summed E-state index contributed by atoms with van der Waals surface area (Å²) in [7, 11) is 0. The average Bonchev–Trinajstić information content (AvgIpc) is 2.80. The third kappa shape index (κ3) is 2.51. The van der Waals surface area contributed by atoms with Crippen LogP contribution in [0.2, 0.25) is 0 Å². The molecule has 0 fully saturated rings. The second kappa shape index (κ2) is 5.35. The minimum Gasteiger partial charge on any atom is -0.486 e. The van der Waals surface area contributed by atoms with Crippen molar-refractivity contribution in [3.63, 3.8) is 0 Å². The molecule has 0 atom stereocenters. The molecule has 0 aliphatic carbocycles. The highest BCUT2D eigenvalue weighted by Gasteiger charge is 2.21. The molecule has 18 heavy (non-hydrogen) atoms. The maximum absolute atomic E-state index is 11.1. The van der Waals surface area contributed by atoms with E-state index in [4.69, 9.17) is 14.4 Å². The van der Waals surface area contributed by atoms with Gasteiger partial charge in [0.15, 0.2) is 5.76 Å². The number of nitrogens with zero attached hydrogens (tertiary/aromatic N) is 1. The molecule has 1 aromatic carbocycles. The molecular formula is C13H13NO4. The molecule has 0 aliphatic rings. The summed E-state index contributed by atoms with van der Waals surface area (Å²) in [5.74, 6) is -0.147. The Labute approximate surface area is 104 Å². The summed E-state index contributed by atoms with van der Waals surface area (Å²) in [6.07, 6.45) is 0.510. The maximum Gasteiger partial charge on any atom is 0.341 e. The lowest BCUT2D eigenvalue weighted by atomic mass is 10.1. The molecule has 0 saturated carbocycles. The molecule has 94 valence electrons. The van der Waals surface area contributed by atoms with Crippen LogP contribution in [0.4, 0.5) is 0 Å². The highest BCUT2D eigenvalue weighted by molar-refractivity contribution is 5.89. The number of benzene rings is 1. The van der Waals surface area contributed by atoms with Crippen LogP contribution in [0, 0.1) is 0 Å². The van der Waals surface area contributed by atoms with Gasteiger partial charge < -0.3 is 14.4 Å². The number of carbonyl (C=O) groups is 1. The van der Waals surface area contributed by atoms with Crippen molar-refractivity contribution in [1.29, 1.82) is 0 Å². The first-order valence-corrected chi connectivity index (χ1v) is 5.61. The number of aromatic carboxylic acids is 1. The van der Waals surface area contributed by atoms with Crippen molar-refractivity contribution in [3.05, 3.63) is 47.3 Å². The zero-order valence-corrected chi connectivity index (χ0v) is 9.92. The van der Waals surface area contributed by atoms with Crippen LogP contribution in [-0.4, -0.2) is 16.2 Å². The molecule has 1 N–H and O–H groups in total. The molecular weight excluding hydrogens is 234 g/mol. The second-order valence-electron chi connectivity index (χ2n) is 3.69. The maximum atomic E-state index is 11.1. The molecule has 0 spiro atoms. The fourth-order valence-electron chi connectivity index (χ4n) is 1.61. The molecule has 5 nitrogen and oxygen atoms in total. The molecule has 0 unspecified atom stereocenters. The van der Waals surface area contributed by atoms with Crippen LogP contribution < -0.4 is 4.74 Å². The highest BCUT2D eigenvalue weighted by atomic mass is 16.5. The van der Waals surface area contributed by atoms with Crippen LogP contribution in [0.15, 0.2) is 34.9 Å². The van der Waals surface area contributed by atoms with E-state index in [-0.39, 0.29) is 17.9 Å². The molecule has 0 aliphatic heterocycles. The van der Waals surface area contributed by atoms with E-state index in [0.717, 1.165) is 0 Å². The quantitative estimate of drug-likeness (QED) is 0.878. The van der Waals surface area contributed by atoms with Crippen LogP contribution in [0.1, 0.15) is 28.7 Å². The van der Waals surface area contributed by atoms with Gasteiger partial charge in [-0.1, -0.05) is 30.3 Å². The van der Waals surface area contributed by atoms with Gasteiger partial charge in [0, 0.05) is 0 Å². The largest absolute Gasteiger partial charge is 0.486 e. The number of ether oxygens (including phenoxy) is 1. The highest BCUT2D eigenvalue weighted by Crippen LogP contribution is 2.18. The number of aryl methyl sites for hydroxylation is 1. The van der Waals surface area contributed by atoms with Gasteiger partial charge in [-0.2, -0.15) is 0 Å². The van der Waals surface area contributed by atoms with Gasteiger partial charge >= 0.3 is 5.97 Å². The van der Waals surface area contributed by atoms with Gasteiger partial charge in [-0.15, -0.1) is 0 Å². The number of carboxylic acids is 1. The van der Waals surface area contributed by atoms with Gasteiger partial charge in [0.25, 0.3) is 0 Å². The Balaban J connectivity index is 2.15. The minimum atomic E-state index is -1.04. The van der Waals surface area contributed by atoms with Crippen molar-refractivity contribution >= 4 is 5.97 Å². The molecule has 0 bridgehead atoms. The fourth-order valence-corrected chi connectivity index (χ4v) is 1.61. The molecule has 2 rings (SSSR count). The molecule has 0 radical (unpaired) electrons. The number of hydrogen-bond donors (Lipinski definition) is 1. The van der Waals surface area contributed by atoms with Gasteiger partial charge in [-0.3, -0.25) is 0 Å². The van der Waals surface area contributed by atoms with Crippen molar-refractivity contribution in [1.82, 2.24) is 5.16 Å². The number of rotatable bonds is 5. The summed E-state index contributed by atoms with van der Waals surface area (Å²) in [5, 5.41) is 12.8. The Hall–Kier alpha value is -2.30. The topological polar surface area (TPSA) is 72.6 Å². The number of carboxylic acid groups (broad SMARTS) is 1. The predicted molar refractivity (Wildman–Crippen MR) is 63.6 cm³/mol. The van der Waals surface area contributed by atoms with Gasteiger partial charge in [0.05, 0.1) is 5.69 Å². The van der Waals surface area contributed by atoms with Crippen LogP contribution in [0.5, 0.6) is 5.75 Å². The Morgan fingerprint density at radius 3 is 2.72 bits per heavy atom. The van der Waals surface area contributed by atoms with Gasteiger partial charge in [0.1, 0.15) is 17.9 Å².